The van der Waals surface area contributed by atoms with Gasteiger partial charge < -0.3 is 25.2 Å². The topological polar surface area (TPSA) is 136 Å². The number of aliphatic hydroxyl groups excluding tert-OH is 4. The molecule has 8 heteroatoms. The number of carbonyl (C=O) groups excluding carboxylic acids is 2. The molecule has 0 aromatic rings. The van der Waals surface area contributed by atoms with Gasteiger partial charge in [0.05, 0.1) is 0 Å². The van der Waals surface area contributed by atoms with Crippen molar-refractivity contribution in [2.45, 2.75) is 64.3 Å². The van der Waals surface area contributed by atoms with Gasteiger partial charge in [-0.2, -0.15) is 0 Å². The van der Waals surface area contributed by atoms with Gasteiger partial charge in [-0.15, -0.1) is 0 Å². The minimum atomic E-state index is -1.84. The van der Waals surface area contributed by atoms with Crippen molar-refractivity contribution in [1.29, 1.82) is 0 Å². The van der Waals surface area contributed by atoms with E-state index in [0.29, 0.717) is 6.42 Å². The smallest absolute Gasteiger partial charge is 0.258 e. The number of hydrogen-bond donors (Lipinski definition) is 5. The van der Waals surface area contributed by atoms with Crippen LogP contribution in [-0.2, 0) is 14.3 Å². The van der Waals surface area contributed by atoms with Crippen LogP contribution < -0.4 is 5.32 Å². The third kappa shape index (κ3) is 5.81. The Kier molecular flexibility index (Phi) is 7.71. The summed E-state index contributed by atoms with van der Waals surface area (Å²) < 4.78 is 4.74. The van der Waals surface area contributed by atoms with Crippen LogP contribution in [0.4, 0.5) is 0 Å². The van der Waals surface area contributed by atoms with Crippen molar-refractivity contribution in [3.05, 3.63) is 23.3 Å². The molecule has 2 amide bonds. The molecular formula is C16H25NO7. The summed E-state index contributed by atoms with van der Waals surface area (Å²) in [6.07, 6.45) is -4.06. The maximum absolute atomic E-state index is 11.9. The van der Waals surface area contributed by atoms with Crippen LogP contribution in [0.15, 0.2) is 23.3 Å². The Hall–Kier alpha value is -1.58. The molecule has 1 fully saturated rings. The average molecular weight is 343 g/mol. The molecule has 1 heterocycles. The van der Waals surface area contributed by atoms with Crippen molar-refractivity contribution in [1.82, 2.24) is 5.32 Å². The zero-order valence-electron chi connectivity index (χ0n) is 14.0. The van der Waals surface area contributed by atoms with E-state index in [0.717, 1.165) is 12.0 Å². The number of ether oxygens (including phenoxy) is 1. The standard InChI is InChI=1S/C16H25NO7/c1-8(2)5-4-6-9(3)7-10(18)17-15(22)14-12(20)11(19)13(21)16(23)24-14/h5,7,11-14,16,19-21,23H,4,6H2,1-3H3,(H,17,18,22)/b9-7+. The van der Waals surface area contributed by atoms with Gasteiger partial charge in [0, 0.05) is 6.08 Å². The van der Waals surface area contributed by atoms with Gasteiger partial charge in [-0.25, -0.2) is 0 Å². The summed E-state index contributed by atoms with van der Waals surface area (Å²) in [5.41, 5.74) is 1.93. The number of rotatable bonds is 5. The van der Waals surface area contributed by atoms with Gasteiger partial charge in [-0.3, -0.25) is 14.9 Å². The molecule has 8 nitrogen and oxygen atoms in total. The van der Waals surface area contributed by atoms with E-state index in [1.807, 2.05) is 25.2 Å². The number of imide groups is 1. The summed E-state index contributed by atoms with van der Waals surface area (Å²) in [5, 5.41) is 40.0. The Morgan fingerprint density at radius 1 is 1.04 bits per heavy atom. The SMILES string of the molecule is CC(C)=CCC/C(C)=C/C(=O)NC(=O)C1OC(O)C(O)C(O)C1O. The number of allylic oxidation sites excluding steroid dienone is 3. The predicted octanol–water partition coefficient (Wildman–Crippen LogP) is -0.878. The van der Waals surface area contributed by atoms with Gasteiger partial charge in [-0.05, 0) is 33.6 Å². The first-order valence-electron chi connectivity index (χ1n) is 7.66. The molecule has 1 aliphatic rings. The summed E-state index contributed by atoms with van der Waals surface area (Å²) in [7, 11) is 0. The Labute approximate surface area is 140 Å². The molecule has 136 valence electrons. The molecule has 5 atom stereocenters. The van der Waals surface area contributed by atoms with Crippen LogP contribution >= 0.6 is 0 Å². The van der Waals surface area contributed by atoms with Gasteiger partial charge in [0.1, 0.15) is 18.3 Å². The van der Waals surface area contributed by atoms with Gasteiger partial charge in [-0.1, -0.05) is 17.2 Å². The van der Waals surface area contributed by atoms with Crippen LogP contribution in [0.5, 0.6) is 0 Å². The van der Waals surface area contributed by atoms with Crippen LogP contribution in [0.2, 0.25) is 0 Å². The normalized spacial score (nSPS) is 30.6. The van der Waals surface area contributed by atoms with Crippen molar-refractivity contribution < 1.29 is 34.8 Å². The van der Waals surface area contributed by atoms with Crippen molar-refractivity contribution in [3.63, 3.8) is 0 Å². The van der Waals surface area contributed by atoms with E-state index in [1.54, 1.807) is 6.92 Å². The van der Waals surface area contributed by atoms with Crippen molar-refractivity contribution >= 4 is 11.8 Å². The molecule has 0 spiro atoms. The molecule has 0 aliphatic carbocycles. The molecule has 1 rings (SSSR count). The number of amides is 2. The second-order valence-corrected chi connectivity index (χ2v) is 6.08. The minimum Gasteiger partial charge on any atom is -0.387 e. The molecule has 5 unspecified atom stereocenters. The predicted molar refractivity (Wildman–Crippen MR) is 84.5 cm³/mol. The highest BCUT2D eigenvalue weighted by Gasteiger charge is 2.46. The minimum absolute atomic E-state index is 0.652. The first-order chi connectivity index (χ1) is 11.1. The third-order valence-corrected chi connectivity index (χ3v) is 3.56. The fourth-order valence-corrected chi connectivity index (χ4v) is 2.19. The van der Waals surface area contributed by atoms with E-state index >= 15 is 0 Å². The summed E-state index contributed by atoms with van der Waals surface area (Å²) in [6.45, 7) is 5.69. The van der Waals surface area contributed by atoms with Gasteiger partial charge in [0.2, 0.25) is 0 Å². The van der Waals surface area contributed by atoms with E-state index < -0.39 is 42.5 Å². The quantitative estimate of drug-likeness (QED) is 0.323. The molecule has 1 aliphatic heterocycles. The van der Waals surface area contributed by atoms with E-state index in [9.17, 15) is 30.0 Å². The molecule has 0 aromatic heterocycles. The first kappa shape index (κ1) is 20.5. The highest BCUT2D eigenvalue weighted by Crippen LogP contribution is 2.20. The fraction of sp³-hybridized carbons (Fsp3) is 0.625. The maximum atomic E-state index is 11.9. The highest BCUT2D eigenvalue weighted by atomic mass is 16.6. The maximum Gasteiger partial charge on any atom is 0.258 e. The molecule has 0 radical (unpaired) electrons. The zero-order valence-corrected chi connectivity index (χ0v) is 14.0. The first-order valence-corrected chi connectivity index (χ1v) is 7.66. The lowest BCUT2D eigenvalue weighted by Gasteiger charge is -2.37. The molecule has 0 aromatic carbocycles. The number of hydrogen-bond acceptors (Lipinski definition) is 7. The summed E-state index contributed by atoms with van der Waals surface area (Å²) >= 11 is 0. The van der Waals surface area contributed by atoms with Crippen LogP contribution in [0, 0.1) is 0 Å². The third-order valence-electron chi connectivity index (χ3n) is 3.56. The number of aliphatic hydroxyl groups is 4. The summed E-state index contributed by atoms with van der Waals surface area (Å²) in [4.78, 5) is 23.7. The van der Waals surface area contributed by atoms with Gasteiger partial charge in [0.25, 0.3) is 11.8 Å². The van der Waals surface area contributed by atoms with Crippen molar-refractivity contribution in [3.8, 4) is 0 Å². The highest BCUT2D eigenvalue weighted by molar-refractivity contribution is 6.02. The van der Waals surface area contributed by atoms with Gasteiger partial charge in [0.15, 0.2) is 12.4 Å². The van der Waals surface area contributed by atoms with Crippen LogP contribution in [-0.4, -0.2) is 62.9 Å². The second kappa shape index (κ2) is 9.05. The van der Waals surface area contributed by atoms with E-state index in [4.69, 9.17) is 4.74 Å². The van der Waals surface area contributed by atoms with Crippen LogP contribution in [0.3, 0.4) is 0 Å². The zero-order chi connectivity index (χ0) is 18.4. The van der Waals surface area contributed by atoms with Crippen LogP contribution in [0.1, 0.15) is 33.6 Å². The molecule has 24 heavy (non-hydrogen) atoms. The Bertz CT molecular complexity index is 525. The number of carbonyl (C=O) groups is 2. The van der Waals surface area contributed by atoms with Gasteiger partial charge >= 0.3 is 0 Å². The average Bonchev–Trinajstić information content (AvgIpc) is 2.47. The van der Waals surface area contributed by atoms with E-state index in [2.05, 4.69) is 0 Å². The Morgan fingerprint density at radius 3 is 2.25 bits per heavy atom. The largest absolute Gasteiger partial charge is 0.387 e. The monoisotopic (exact) mass is 343 g/mol. The van der Waals surface area contributed by atoms with Crippen LogP contribution in [0.25, 0.3) is 0 Å². The number of nitrogens with one attached hydrogen (secondary N) is 1. The molecule has 0 bridgehead atoms. The molecule has 0 saturated carbocycles. The molecular weight excluding hydrogens is 318 g/mol. The lowest BCUT2D eigenvalue weighted by atomic mass is 9.98. The lowest BCUT2D eigenvalue weighted by molar-refractivity contribution is -0.275. The molecule has 1 saturated heterocycles. The summed E-state index contributed by atoms with van der Waals surface area (Å²) in [5.74, 6) is -1.70. The second-order valence-electron chi connectivity index (χ2n) is 6.08. The van der Waals surface area contributed by atoms with E-state index in [1.165, 1.54) is 11.6 Å². The molecule has 5 N–H and O–H groups in total. The Morgan fingerprint density at radius 2 is 1.67 bits per heavy atom. The van der Waals surface area contributed by atoms with Crippen molar-refractivity contribution in [2.24, 2.45) is 0 Å². The van der Waals surface area contributed by atoms with Crippen molar-refractivity contribution in [2.75, 3.05) is 0 Å². The Balaban J connectivity index is 2.60. The lowest BCUT2D eigenvalue weighted by Crippen LogP contribution is -2.61. The van der Waals surface area contributed by atoms with E-state index in [-0.39, 0.29) is 0 Å². The summed E-state index contributed by atoms with van der Waals surface area (Å²) in [6, 6.07) is 0. The fourth-order valence-electron chi connectivity index (χ4n) is 2.19.